The van der Waals surface area contributed by atoms with Gasteiger partial charge < -0.3 is 15.0 Å². The van der Waals surface area contributed by atoms with Crippen LogP contribution >= 0.6 is 0 Å². The number of hydrogen-bond acceptors (Lipinski definition) is 4. The van der Waals surface area contributed by atoms with E-state index in [0.717, 1.165) is 12.1 Å². The first-order chi connectivity index (χ1) is 11.7. The van der Waals surface area contributed by atoms with Crippen LogP contribution in [0.5, 0.6) is 5.75 Å². The van der Waals surface area contributed by atoms with Gasteiger partial charge in [0.15, 0.2) is 0 Å². The number of H-pyrrole nitrogens is 1. The second-order valence-corrected chi connectivity index (χ2v) is 5.04. The van der Waals surface area contributed by atoms with Crippen molar-refractivity contribution >= 4 is 5.91 Å². The number of rotatable bonds is 4. The molecular weight excluding hydrogens is 339 g/mol. The van der Waals surface area contributed by atoms with E-state index >= 15 is 0 Å². The van der Waals surface area contributed by atoms with E-state index in [2.05, 4.69) is 15.0 Å². The molecule has 0 radical (unpaired) electrons. The van der Waals surface area contributed by atoms with Crippen LogP contribution in [0.4, 0.5) is 13.2 Å². The molecule has 25 heavy (non-hydrogen) atoms. The van der Waals surface area contributed by atoms with Crippen molar-refractivity contribution in [2.45, 2.75) is 19.3 Å². The number of aromatic nitrogens is 1. The van der Waals surface area contributed by atoms with Gasteiger partial charge in [-0.1, -0.05) is 12.1 Å². The van der Waals surface area contributed by atoms with Gasteiger partial charge in [-0.05, 0) is 36.8 Å². The summed E-state index contributed by atoms with van der Waals surface area (Å²) < 4.78 is 40.6. The van der Waals surface area contributed by atoms with Crippen molar-refractivity contribution in [2.75, 3.05) is 0 Å². The average Bonchev–Trinajstić information content (AvgIpc) is 2.53. The van der Waals surface area contributed by atoms with E-state index in [1.807, 2.05) is 0 Å². The van der Waals surface area contributed by atoms with E-state index in [4.69, 9.17) is 5.26 Å². The first-order valence-electron chi connectivity index (χ1n) is 6.99. The molecule has 0 fully saturated rings. The summed E-state index contributed by atoms with van der Waals surface area (Å²) in [5.41, 5.74) is -0.585. The van der Waals surface area contributed by atoms with Crippen molar-refractivity contribution < 1.29 is 22.7 Å². The number of alkyl halides is 3. The van der Waals surface area contributed by atoms with Gasteiger partial charge in [0.05, 0.1) is 6.04 Å². The third kappa shape index (κ3) is 4.84. The molecule has 1 heterocycles. The first-order valence-corrected chi connectivity index (χ1v) is 6.99. The lowest BCUT2D eigenvalue weighted by Crippen LogP contribution is -2.31. The van der Waals surface area contributed by atoms with Crippen LogP contribution < -0.4 is 15.6 Å². The number of hydrogen-bond donors (Lipinski definition) is 2. The van der Waals surface area contributed by atoms with Crippen molar-refractivity contribution in [1.29, 1.82) is 5.26 Å². The zero-order valence-electron chi connectivity index (χ0n) is 12.8. The predicted molar refractivity (Wildman–Crippen MR) is 80.8 cm³/mol. The third-order valence-electron chi connectivity index (χ3n) is 3.21. The lowest BCUT2D eigenvalue weighted by atomic mass is 10.1. The predicted octanol–water partition coefficient (Wildman–Crippen LogP) is 2.64. The molecule has 1 atom stereocenters. The standard InChI is InChI=1S/C16H12F3N3O3/c1-9(10-3-2-4-12(7-10)25-16(17,18)19)21-14(23)13-6-5-11(8-20)22-15(13)24/h2-7,9H,1H3,(H,21,23)(H,22,24). The van der Waals surface area contributed by atoms with Gasteiger partial charge >= 0.3 is 6.36 Å². The van der Waals surface area contributed by atoms with Gasteiger partial charge in [0.1, 0.15) is 23.1 Å². The van der Waals surface area contributed by atoms with Gasteiger partial charge in [-0.2, -0.15) is 5.26 Å². The molecule has 1 aromatic heterocycles. The molecule has 0 bridgehead atoms. The van der Waals surface area contributed by atoms with E-state index in [9.17, 15) is 22.8 Å². The maximum absolute atomic E-state index is 12.3. The fourth-order valence-corrected chi connectivity index (χ4v) is 2.06. The van der Waals surface area contributed by atoms with Crippen molar-refractivity contribution in [2.24, 2.45) is 0 Å². The Labute approximate surface area is 139 Å². The van der Waals surface area contributed by atoms with Crippen molar-refractivity contribution in [3.63, 3.8) is 0 Å². The third-order valence-corrected chi connectivity index (χ3v) is 3.21. The normalized spacial score (nSPS) is 12.1. The Hall–Kier alpha value is -3.28. The van der Waals surface area contributed by atoms with Crippen LogP contribution in [0.25, 0.3) is 0 Å². The van der Waals surface area contributed by atoms with Gasteiger partial charge in [-0.3, -0.25) is 9.59 Å². The minimum Gasteiger partial charge on any atom is -0.406 e. The van der Waals surface area contributed by atoms with Gasteiger partial charge in [0.25, 0.3) is 11.5 Å². The summed E-state index contributed by atoms with van der Waals surface area (Å²) in [5.74, 6) is -1.14. The highest BCUT2D eigenvalue weighted by atomic mass is 19.4. The molecular formula is C16H12F3N3O3. The molecule has 0 aliphatic rings. The number of nitrogens with one attached hydrogen (secondary N) is 2. The van der Waals surface area contributed by atoms with E-state index in [1.165, 1.54) is 24.3 Å². The Balaban J connectivity index is 2.15. The van der Waals surface area contributed by atoms with Gasteiger partial charge in [-0.25, -0.2) is 0 Å². The molecule has 9 heteroatoms. The summed E-state index contributed by atoms with van der Waals surface area (Å²) >= 11 is 0. The smallest absolute Gasteiger partial charge is 0.406 e. The number of aromatic amines is 1. The molecule has 0 aliphatic heterocycles. The van der Waals surface area contributed by atoms with E-state index in [1.54, 1.807) is 13.0 Å². The maximum Gasteiger partial charge on any atom is 0.573 e. The number of nitrogens with zero attached hydrogens (tertiary/aromatic N) is 1. The highest BCUT2D eigenvalue weighted by molar-refractivity contribution is 5.94. The number of nitriles is 1. The molecule has 2 aromatic rings. The molecule has 2 N–H and O–H groups in total. The average molecular weight is 351 g/mol. The van der Waals surface area contributed by atoms with Crippen LogP contribution in [0.15, 0.2) is 41.2 Å². The van der Waals surface area contributed by atoms with Gasteiger partial charge in [0, 0.05) is 0 Å². The lowest BCUT2D eigenvalue weighted by Gasteiger charge is -2.16. The minimum atomic E-state index is -4.82. The molecule has 0 aliphatic carbocycles. The minimum absolute atomic E-state index is 0.00611. The second kappa shape index (κ2) is 7.09. The molecule has 1 aromatic carbocycles. The summed E-state index contributed by atoms with van der Waals surface area (Å²) in [6, 6.07) is 8.67. The number of carbonyl (C=O) groups excluding carboxylic acids is 1. The van der Waals surface area contributed by atoms with Crippen LogP contribution in [0.1, 0.15) is 34.6 Å². The van der Waals surface area contributed by atoms with E-state index < -0.39 is 29.6 Å². The summed E-state index contributed by atoms with van der Waals surface area (Å²) in [7, 11) is 0. The summed E-state index contributed by atoms with van der Waals surface area (Å²) in [4.78, 5) is 26.1. The molecule has 1 unspecified atom stereocenters. The SMILES string of the molecule is CC(NC(=O)c1ccc(C#N)[nH]c1=O)c1cccc(OC(F)(F)F)c1. The number of pyridine rings is 1. The number of ether oxygens (including phenoxy) is 1. The largest absolute Gasteiger partial charge is 0.573 e. The van der Waals surface area contributed by atoms with Crippen LogP contribution in [-0.4, -0.2) is 17.3 Å². The van der Waals surface area contributed by atoms with Crippen molar-refractivity contribution in [3.05, 3.63) is 63.6 Å². The number of halogens is 3. The maximum atomic E-state index is 12.3. The van der Waals surface area contributed by atoms with Gasteiger partial charge in [0.2, 0.25) is 0 Å². The molecule has 0 saturated carbocycles. The molecule has 0 saturated heterocycles. The second-order valence-electron chi connectivity index (χ2n) is 5.04. The van der Waals surface area contributed by atoms with Crippen molar-refractivity contribution in [3.8, 4) is 11.8 Å². The highest BCUT2D eigenvalue weighted by Crippen LogP contribution is 2.25. The molecule has 6 nitrogen and oxygen atoms in total. The number of amides is 1. The zero-order chi connectivity index (χ0) is 18.6. The topological polar surface area (TPSA) is 95.0 Å². The van der Waals surface area contributed by atoms with Crippen LogP contribution in [0.2, 0.25) is 0 Å². The Morgan fingerprint density at radius 2 is 2.04 bits per heavy atom. The van der Waals surface area contributed by atoms with Crippen LogP contribution in [0, 0.1) is 11.3 Å². The van der Waals surface area contributed by atoms with Gasteiger partial charge in [-0.15, -0.1) is 13.2 Å². The lowest BCUT2D eigenvalue weighted by molar-refractivity contribution is -0.274. The fraction of sp³-hybridized carbons (Fsp3) is 0.188. The van der Waals surface area contributed by atoms with Crippen LogP contribution in [0.3, 0.4) is 0 Å². The quantitative estimate of drug-likeness (QED) is 0.885. The number of carbonyl (C=O) groups is 1. The Kier molecular flexibility index (Phi) is 5.12. The molecule has 130 valence electrons. The highest BCUT2D eigenvalue weighted by Gasteiger charge is 2.31. The van der Waals surface area contributed by atoms with E-state index in [-0.39, 0.29) is 11.3 Å². The number of benzene rings is 1. The first kappa shape index (κ1) is 18.1. The monoisotopic (exact) mass is 351 g/mol. The Morgan fingerprint density at radius 1 is 1.32 bits per heavy atom. The molecule has 1 amide bonds. The Bertz CT molecular complexity index is 884. The summed E-state index contributed by atoms with van der Waals surface area (Å²) in [6.07, 6.45) is -4.82. The summed E-state index contributed by atoms with van der Waals surface area (Å²) in [5, 5.41) is 11.2. The summed E-state index contributed by atoms with van der Waals surface area (Å²) in [6.45, 7) is 1.54. The Morgan fingerprint density at radius 3 is 2.64 bits per heavy atom. The molecule has 0 spiro atoms. The van der Waals surface area contributed by atoms with E-state index in [0.29, 0.717) is 5.56 Å². The van der Waals surface area contributed by atoms with Crippen molar-refractivity contribution in [1.82, 2.24) is 10.3 Å². The molecule has 2 rings (SSSR count). The van der Waals surface area contributed by atoms with Crippen LogP contribution in [-0.2, 0) is 0 Å². The fourth-order valence-electron chi connectivity index (χ4n) is 2.06. The zero-order valence-corrected chi connectivity index (χ0v) is 12.8.